The van der Waals surface area contributed by atoms with Crippen molar-refractivity contribution < 1.29 is 5.11 Å². The van der Waals surface area contributed by atoms with Crippen LogP contribution in [0.25, 0.3) is 0 Å². The Morgan fingerprint density at radius 3 is 2.08 bits per heavy atom. The Balaban J connectivity index is 0.00000144. The van der Waals surface area contributed by atoms with Crippen LogP contribution < -0.4 is 5.32 Å². The van der Waals surface area contributed by atoms with Crippen LogP contribution in [0.15, 0.2) is 21.1 Å². The van der Waals surface area contributed by atoms with Gasteiger partial charge in [-0.1, -0.05) is 19.3 Å². The Labute approximate surface area is 174 Å². The van der Waals surface area contributed by atoms with E-state index in [1.165, 1.54) is 37.7 Å². The number of aromatic hydroxyl groups is 1. The fourth-order valence-corrected chi connectivity index (χ4v) is 5.17. The quantitative estimate of drug-likeness (QED) is 0.587. The first kappa shape index (κ1) is 22.5. The second kappa shape index (κ2) is 10.6. The maximum atomic E-state index is 10.0. The number of phenols is 1. The first-order valence-electron chi connectivity index (χ1n) is 8.29. The first-order valence-corrected chi connectivity index (χ1v) is 9.88. The summed E-state index contributed by atoms with van der Waals surface area (Å²) >= 11 is 7.00. The standard InChI is InChI=1S/C17H24Br2N2O.2ClH/c18-14-10-13(11-15(19)17(14)22)16(12-4-2-1-3-5-12)21-8-6-20-7-9-21;;/h10-12,16,20,22H,1-9H2;2*1H/t16-;;/m0../s1. The van der Waals surface area contributed by atoms with E-state index < -0.39 is 0 Å². The van der Waals surface area contributed by atoms with Crippen molar-refractivity contribution in [2.24, 2.45) is 5.92 Å². The minimum atomic E-state index is 0. The highest BCUT2D eigenvalue weighted by atomic mass is 79.9. The predicted molar refractivity (Wildman–Crippen MR) is 112 cm³/mol. The van der Waals surface area contributed by atoms with Gasteiger partial charge in [-0.25, -0.2) is 0 Å². The summed E-state index contributed by atoms with van der Waals surface area (Å²) in [4.78, 5) is 2.64. The Bertz CT molecular complexity index is 480. The van der Waals surface area contributed by atoms with Crippen molar-refractivity contribution >= 4 is 56.7 Å². The van der Waals surface area contributed by atoms with Crippen LogP contribution in [0.2, 0.25) is 0 Å². The van der Waals surface area contributed by atoms with E-state index in [4.69, 9.17) is 0 Å². The molecule has 1 aromatic carbocycles. The van der Waals surface area contributed by atoms with Crippen molar-refractivity contribution in [3.63, 3.8) is 0 Å². The summed E-state index contributed by atoms with van der Waals surface area (Å²) in [5, 5.41) is 13.5. The SMILES string of the molecule is Cl.Cl.Oc1c(Br)cc([C@H](C2CCCCC2)N2CCNCC2)cc1Br. The van der Waals surface area contributed by atoms with Gasteiger partial charge in [0, 0.05) is 32.2 Å². The van der Waals surface area contributed by atoms with Crippen molar-refractivity contribution in [1.29, 1.82) is 0 Å². The lowest BCUT2D eigenvalue weighted by molar-refractivity contribution is 0.103. The first-order chi connectivity index (χ1) is 10.7. The highest BCUT2D eigenvalue weighted by molar-refractivity contribution is 9.11. The average Bonchev–Trinajstić information content (AvgIpc) is 2.55. The molecule has 138 valence electrons. The molecule has 3 rings (SSSR count). The van der Waals surface area contributed by atoms with Crippen molar-refractivity contribution in [3.05, 3.63) is 26.6 Å². The van der Waals surface area contributed by atoms with E-state index in [0.29, 0.717) is 11.8 Å². The van der Waals surface area contributed by atoms with Gasteiger partial charge in [0.25, 0.3) is 0 Å². The number of halogens is 4. The van der Waals surface area contributed by atoms with Crippen LogP contribution in [-0.4, -0.2) is 36.2 Å². The molecule has 1 heterocycles. The van der Waals surface area contributed by atoms with Gasteiger partial charge in [0.05, 0.1) is 8.95 Å². The molecule has 0 unspecified atom stereocenters. The normalized spacial score (nSPS) is 20.8. The molecule has 0 amide bonds. The fourth-order valence-electron chi connectivity index (χ4n) is 3.95. The topological polar surface area (TPSA) is 35.5 Å². The molecule has 1 aromatic rings. The van der Waals surface area contributed by atoms with Crippen LogP contribution in [0.4, 0.5) is 0 Å². The molecular formula is C17H26Br2Cl2N2O. The summed E-state index contributed by atoms with van der Waals surface area (Å²) in [5.74, 6) is 1.03. The highest BCUT2D eigenvalue weighted by Gasteiger charge is 2.31. The lowest BCUT2D eigenvalue weighted by atomic mass is 9.80. The third-order valence-electron chi connectivity index (χ3n) is 5.02. The molecule has 24 heavy (non-hydrogen) atoms. The predicted octanol–water partition coefficient (Wildman–Crippen LogP) is 5.29. The molecule has 1 saturated heterocycles. The number of nitrogens with zero attached hydrogens (tertiary/aromatic N) is 1. The molecule has 1 aliphatic carbocycles. The summed E-state index contributed by atoms with van der Waals surface area (Å²) in [6, 6.07) is 4.69. The van der Waals surface area contributed by atoms with Crippen molar-refractivity contribution in [2.45, 2.75) is 38.1 Å². The fraction of sp³-hybridized carbons (Fsp3) is 0.647. The smallest absolute Gasteiger partial charge is 0.143 e. The van der Waals surface area contributed by atoms with E-state index in [9.17, 15) is 5.11 Å². The summed E-state index contributed by atoms with van der Waals surface area (Å²) in [5.41, 5.74) is 1.32. The number of hydrogen-bond acceptors (Lipinski definition) is 3. The lowest BCUT2D eigenvalue weighted by Gasteiger charge is -2.41. The third-order valence-corrected chi connectivity index (χ3v) is 6.23. The average molecular weight is 505 g/mol. The number of benzene rings is 1. The molecule has 0 aromatic heterocycles. The third kappa shape index (κ3) is 5.24. The Morgan fingerprint density at radius 1 is 1.00 bits per heavy atom. The number of hydrogen-bond donors (Lipinski definition) is 2. The van der Waals surface area contributed by atoms with Gasteiger partial charge in [0.1, 0.15) is 5.75 Å². The molecular weight excluding hydrogens is 479 g/mol. The molecule has 2 fully saturated rings. The van der Waals surface area contributed by atoms with Crippen molar-refractivity contribution in [1.82, 2.24) is 10.2 Å². The maximum Gasteiger partial charge on any atom is 0.143 e. The van der Waals surface area contributed by atoms with E-state index >= 15 is 0 Å². The Morgan fingerprint density at radius 2 is 1.54 bits per heavy atom. The van der Waals surface area contributed by atoms with Crippen LogP contribution in [-0.2, 0) is 0 Å². The van der Waals surface area contributed by atoms with E-state index in [0.717, 1.165) is 41.0 Å². The largest absolute Gasteiger partial charge is 0.506 e. The van der Waals surface area contributed by atoms with Gasteiger partial charge in [-0.3, -0.25) is 4.90 Å². The minimum absolute atomic E-state index is 0. The van der Waals surface area contributed by atoms with Gasteiger partial charge in [-0.05, 0) is 68.3 Å². The highest BCUT2D eigenvalue weighted by Crippen LogP contribution is 2.42. The zero-order valence-corrected chi connectivity index (χ0v) is 18.4. The summed E-state index contributed by atoms with van der Waals surface area (Å²) in [6.07, 6.45) is 6.74. The van der Waals surface area contributed by atoms with Gasteiger partial charge in [-0.2, -0.15) is 0 Å². The lowest BCUT2D eigenvalue weighted by Crippen LogP contribution is -2.47. The number of nitrogens with one attached hydrogen (secondary N) is 1. The van der Waals surface area contributed by atoms with Crippen LogP contribution in [0.3, 0.4) is 0 Å². The molecule has 0 spiro atoms. The van der Waals surface area contributed by atoms with Gasteiger partial charge in [0.2, 0.25) is 0 Å². The van der Waals surface area contributed by atoms with E-state index in [1.807, 2.05) is 0 Å². The van der Waals surface area contributed by atoms with Gasteiger partial charge < -0.3 is 10.4 Å². The minimum Gasteiger partial charge on any atom is -0.506 e. The molecule has 0 bridgehead atoms. The molecule has 0 radical (unpaired) electrons. The molecule has 3 nitrogen and oxygen atoms in total. The van der Waals surface area contributed by atoms with E-state index in [2.05, 4.69) is 54.2 Å². The zero-order chi connectivity index (χ0) is 15.5. The molecule has 7 heteroatoms. The van der Waals surface area contributed by atoms with E-state index in [-0.39, 0.29) is 24.8 Å². The number of phenolic OH excluding ortho intramolecular Hbond substituents is 1. The number of rotatable bonds is 3. The zero-order valence-electron chi connectivity index (χ0n) is 13.6. The van der Waals surface area contributed by atoms with Crippen molar-refractivity contribution in [3.8, 4) is 5.75 Å². The van der Waals surface area contributed by atoms with Crippen LogP contribution in [0.1, 0.15) is 43.7 Å². The van der Waals surface area contributed by atoms with Crippen LogP contribution in [0.5, 0.6) is 5.75 Å². The summed E-state index contributed by atoms with van der Waals surface area (Å²) < 4.78 is 1.57. The Hall–Kier alpha value is 0.480. The van der Waals surface area contributed by atoms with Crippen LogP contribution >= 0.6 is 56.7 Å². The second-order valence-electron chi connectivity index (χ2n) is 6.46. The van der Waals surface area contributed by atoms with Gasteiger partial charge in [-0.15, -0.1) is 24.8 Å². The molecule has 1 saturated carbocycles. The summed E-state index contributed by atoms with van der Waals surface area (Å²) in [7, 11) is 0. The van der Waals surface area contributed by atoms with Crippen molar-refractivity contribution in [2.75, 3.05) is 26.2 Å². The molecule has 1 atom stereocenters. The molecule has 2 N–H and O–H groups in total. The van der Waals surface area contributed by atoms with Crippen LogP contribution in [0, 0.1) is 5.92 Å². The van der Waals surface area contributed by atoms with Gasteiger partial charge >= 0.3 is 0 Å². The monoisotopic (exact) mass is 502 g/mol. The molecule has 1 aliphatic heterocycles. The maximum absolute atomic E-state index is 10.0. The van der Waals surface area contributed by atoms with Gasteiger partial charge in [0.15, 0.2) is 0 Å². The molecule has 2 aliphatic rings. The number of piperazine rings is 1. The summed E-state index contributed by atoms with van der Waals surface area (Å²) in [6.45, 7) is 4.36. The second-order valence-corrected chi connectivity index (χ2v) is 8.17. The Kier molecular flexibility index (Phi) is 9.93. The van der Waals surface area contributed by atoms with E-state index in [1.54, 1.807) is 0 Å².